The molecule has 0 bridgehead atoms. The van der Waals surface area contributed by atoms with Crippen LogP contribution in [0.5, 0.6) is 0 Å². The molecule has 98 valence electrons. The molecule has 1 aromatic rings. The first kappa shape index (κ1) is 13.0. The molecule has 5 heteroatoms. The number of methoxy groups -OCH3 is 1. The number of aliphatic hydroxyl groups is 1. The number of nitrogens with zero attached hydrogens (tertiary/aromatic N) is 2. The molecule has 2 rings (SSSR count). The number of carbonyl (C=O) groups is 1. The molecule has 1 aliphatic carbocycles. The van der Waals surface area contributed by atoms with Crippen molar-refractivity contribution >= 4 is 5.97 Å². The van der Waals surface area contributed by atoms with E-state index < -0.39 is 0 Å². The minimum atomic E-state index is -0.372. The van der Waals surface area contributed by atoms with Gasteiger partial charge < -0.3 is 9.84 Å². The molecule has 0 spiro atoms. The first-order valence-corrected chi connectivity index (χ1v) is 6.12. The molecule has 0 radical (unpaired) electrons. The average Bonchev–Trinajstić information content (AvgIpc) is 3.22. The third-order valence-electron chi connectivity index (χ3n) is 3.06. The lowest BCUT2D eigenvalue weighted by Crippen LogP contribution is -2.29. The number of esters is 1. The monoisotopic (exact) mass is 250 g/mol. The number of hydrogen-bond acceptors (Lipinski definition) is 5. The summed E-state index contributed by atoms with van der Waals surface area (Å²) in [6.07, 6.45) is 3.92. The van der Waals surface area contributed by atoms with E-state index in [4.69, 9.17) is 5.11 Å². The molecule has 1 N–H and O–H groups in total. The summed E-state index contributed by atoms with van der Waals surface area (Å²) in [5.74, 6) is -0.372. The van der Waals surface area contributed by atoms with Crippen molar-refractivity contribution in [1.29, 1.82) is 0 Å². The maximum absolute atomic E-state index is 11.3. The van der Waals surface area contributed by atoms with Gasteiger partial charge in [-0.15, -0.1) is 0 Å². The zero-order valence-electron chi connectivity index (χ0n) is 10.5. The summed E-state index contributed by atoms with van der Waals surface area (Å²) in [7, 11) is 1.35. The van der Waals surface area contributed by atoms with Crippen LogP contribution in [0.1, 0.15) is 28.9 Å². The van der Waals surface area contributed by atoms with E-state index in [0.29, 0.717) is 24.7 Å². The van der Waals surface area contributed by atoms with E-state index in [0.717, 1.165) is 5.69 Å². The van der Waals surface area contributed by atoms with Gasteiger partial charge in [-0.2, -0.15) is 0 Å². The van der Waals surface area contributed by atoms with E-state index in [1.807, 2.05) is 6.07 Å². The second-order valence-corrected chi connectivity index (χ2v) is 4.46. The molecule has 0 amide bonds. The zero-order valence-corrected chi connectivity index (χ0v) is 10.5. The Kier molecular flexibility index (Phi) is 4.28. The second-order valence-electron chi connectivity index (χ2n) is 4.46. The highest BCUT2D eigenvalue weighted by Crippen LogP contribution is 2.27. The topological polar surface area (TPSA) is 62.7 Å². The molecular formula is C13H18N2O3. The van der Waals surface area contributed by atoms with Crippen molar-refractivity contribution in [1.82, 2.24) is 9.88 Å². The van der Waals surface area contributed by atoms with Crippen LogP contribution in [0, 0.1) is 0 Å². The molecule has 0 aromatic carbocycles. The van der Waals surface area contributed by atoms with E-state index in [1.54, 1.807) is 6.07 Å². The highest BCUT2D eigenvalue weighted by Gasteiger charge is 2.28. The van der Waals surface area contributed by atoms with Crippen LogP contribution < -0.4 is 0 Å². The second kappa shape index (κ2) is 5.93. The first-order chi connectivity index (χ1) is 8.74. The van der Waals surface area contributed by atoms with Crippen molar-refractivity contribution in [2.45, 2.75) is 25.4 Å². The molecule has 1 aliphatic rings. The number of ether oxygens (including phenoxy) is 1. The van der Waals surface area contributed by atoms with Crippen LogP contribution in [0.15, 0.2) is 18.3 Å². The minimum Gasteiger partial charge on any atom is -0.465 e. The summed E-state index contributed by atoms with van der Waals surface area (Å²) in [6.45, 7) is 1.55. The number of rotatable bonds is 6. The minimum absolute atomic E-state index is 0.163. The van der Waals surface area contributed by atoms with E-state index in [9.17, 15) is 4.79 Å². The summed E-state index contributed by atoms with van der Waals surface area (Å²) in [5.41, 5.74) is 1.37. The SMILES string of the molecule is COC(=O)c1ccc(CN(CCO)C2CC2)nc1. The van der Waals surface area contributed by atoms with Gasteiger partial charge in [-0.05, 0) is 25.0 Å². The Morgan fingerprint density at radius 3 is 2.83 bits per heavy atom. The van der Waals surface area contributed by atoms with Gasteiger partial charge in [0.2, 0.25) is 0 Å². The van der Waals surface area contributed by atoms with Crippen LogP contribution in [0.4, 0.5) is 0 Å². The molecular weight excluding hydrogens is 232 g/mol. The number of hydrogen-bond donors (Lipinski definition) is 1. The number of aliphatic hydroxyl groups excluding tert-OH is 1. The molecule has 18 heavy (non-hydrogen) atoms. The van der Waals surface area contributed by atoms with Gasteiger partial charge in [0.05, 0.1) is 25.0 Å². The Bertz CT molecular complexity index is 401. The Morgan fingerprint density at radius 1 is 1.56 bits per heavy atom. The predicted molar refractivity (Wildman–Crippen MR) is 66.1 cm³/mol. The van der Waals surface area contributed by atoms with Gasteiger partial charge in [0.1, 0.15) is 0 Å². The van der Waals surface area contributed by atoms with Gasteiger partial charge in [-0.1, -0.05) is 0 Å². The molecule has 0 aliphatic heterocycles. The Balaban J connectivity index is 1.98. The van der Waals surface area contributed by atoms with Crippen molar-refractivity contribution in [3.05, 3.63) is 29.6 Å². The molecule has 1 heterocycles. The maximum atomic E-state index is 11.3. The summed E-state index contributed by atoms with van der Waals surface area (Å²) in [4.78, 5) is 17.7. The highest BCUT2D eigenvalue weighted by molar-refractivity contribution is 5.88. The lowest BCUT2D eigenvalue weighted by atomic mass is 10.2. The zero-order chi connectivity index (χ0) is 13.0. The smallest absolute Gasteiger partial charge is 0.339 e. The van der Waals surface area contributed by atoms with Gasteiger partial charge in [0.15, 0.2) is 0 Å². The Morgan fingerprint density at radius 2 is 2.33 bits per heavy atom. The average molecular weight is 250 g/mol. The fraction of sp³-hybridized carbons (Fsp3) is 0.538. The van der Waals surface area contributed by atoms with Crippen LogP contribution in [-0.2, 0) is 11.3 Å². The number of aromatic nitrogens is 1. The number of pyridine rings is 1. The molecule has 5 nitrogen and oxygen atoms in total. The van der Waals surface area contributed by atoms with E-state index in [-0.39, 0.29) is 12.6 Å². The van der Waals surface area contributed by atoms with E-state index in [2.05, 4.69) is 14.6 Å². The fourth-order valence-corrected chi connectivity index (χ4v) is 1.92. The van der Waals surface area contributed by atoms with Crippen LogP contribution >= 0.6 is 0 Å². The van der Waals surface area contributed by atoms with Gasteiger partial charge in [-0.3, -0.25) is 9.88 Å². The van der Waals surface area contributed by atoms with Crippen molar-refractivity contribution in [3.63, 3.8) is 0 Å². The molecule has 0 saturated heterocycles. The fourth-order valence-electron chi connectivity index (χ4n) is 1.92. The summed E-state index contributed by atoms with van der Waals surface area (Å²) in [6, 6.07) is 4.14. The largest absolute Gasteiger partial charge is 0.465 e. The van der Waals surface area contributed by atoms with Gasteiger partial charge >= 0.3 is 5.97 Å². The quantitative estimate of drug-likeness (QED) is 0.757. The van der Waals surface area contributed by atoms with Crippen molar-refractivity contribution < 1.29 is 14.6 Å². The standard InChI is InChI=1S/C13H18N2O3/c1-18-13(17)10-2-3-11(14-8-10)9-15(6-7-16)12-4-5-12/h2-3,8,12,16H,4-7,9H2,1H3. The third-order valence-corrected chi connectivity index (χ3v) is 3.06. The molecule has 0 unspecified atom stereocenters. The van der Waals surface area contributed by atoms with Crippen molar-refractivity contribution in [3.8, 4) is 0 Å². The van der Waals surface area contributed by atoms with E-state index in [1.165, 1.54) is 26.1 Å². The van der Waals surface area contributed by atoms with Crippen LogP contribution in [0.2, 0.25) is 0 Å². The highest BCUT2D eigenvalue weighted by atomic mass is 16.5. The van der Waals surface area contributed by atoms with E-state index >= 15 is 0 Å². The van der Waals surface area contributed by atoms with Crippen molar-refractivity contribution in [2.24, 2.45) is 0 Å². The predicted octanol–water partition coefficient (Wildman–Crippen LogP) is 0.825. The first-order valence-electron chi connectivity index (χ1n) is 6.12. The molecule has 1 aromatic heterocycles. The Hall–Kier alpha value is -1.46. The molecule has 0 atom stereocenters. The number of carbonyl (C=O) groups excluding carboxylic acids is 1. The van der Waals surface area contributed by atoms with Crippen LogP contribution in [0.25, 0.3) is 0 Å². The maximum Gasteiger partial charge on any atom is 0.339 e. The lowest BCUT2D eigenvalue weighted by Gasteiger charge is -2.20. The Labute approximate surface area is 106 Å². The van der Waals surface area contributed by atoms with Gasteiger partial charge in [-0.25, -0.2) is 4.79 Å². The van der Waals surface area contributed by atoms with Crippen molar-refractivity contribution in [2.75, 3.05) is 20.3 Å². The molecule has 1 fully saturated rings. The summed E-state index contributed by atoms with van der Waals surface area (Å²) in [5, 5.41) is 9.02. The van der Waals surface area contributed by atoms with Gasteiger partial charge in [0.25, 0.3) is 0 Å². The summed E-state index contributed by atoms with van der Waals surface area (Å²) < 4.78 is 4.62. The van der Waals surface area contributed by atoms with Crippen LogP contribution in [-0.4, -0.2) is 47.3 Å². The van der Waals surface area contributed by atoms with Gasteiger partial charge in [0, 0.05) is 25.3 Å². The normalized spacial score (nSPS) is 14.8. The lowest BCUT2D eigenvalue weighted by molar-refractivity contribution is 0.0600. The molecule has 1 saturated carbocycles. The third kappa shape index (κ3) is 3.27. The summed E-state index contributed by atoms with van der Waals surface area (Å²) >= 11 is 0. The van der Waals surface area contributed by atoms with Crippen LogP contribution in [0.3, 0.4) is 0 Å².